The molecule has 0 radical (unpaired) electrons. The Bertz CT molecular complexity index is 1170. The minimum Gasteiger partial charge on any atom is -0.393 e. The number of hydrogen-bond acceptors (Lipinski definition) is 6. The lowest BCUT2D eigenvalue weighted by Crippen LogP contribution is -2.25. The summed E-state index contributed by atoms with van der Waals surface area (Å²) in [6.45, 7) is 1.43. The lowest BCUT2D eigenvalue weighted by atomic mass is 9.85. The van der Waals surface area contributed by atoms with E-state index >= 15 is 0 Å². The number of carbonyl (C=O) groups excluding carboxylic acids is 1. The summed E-state index contributed by atoms with van der Waals surface area (Å²) >= 11 is 0. The van der Waals surface area contributed by atoms with Crippen LogP contribution in [0.5, 0.6) is 0 Å². The SMILES string of the molecule is CNC(=O)c1cc(-c2cc(C3CCC(O)CC3)n3nc(N[C@@H](C)CC(F)(F)F)ncc23)ccn1. The molecule has 0 aliphatic heterocycles. The monoisotopic (exact) mass is 476 g/mol. The third-order valence-electron chi connectivity index (χ3n) is 6.10. The summed E-state index contributed by atoms with van der Waals surface area (Å²) < 4.78 is 40.0. The van der Waals surface area contributed by atoms with Gasteiger partial charge in [0, 0.05) is 36.5 Å². The molecule has 0 saturated heterocycles. The molecule has 1 atom stereocenters. The summed E-state index contributed by atoms with van der Waals surface area (Å²) in [6, 6.07) is 4.56. The number of rotatable bonds is 6. The maximum absolute atomic E-state index is 12.8. The summed E-state index contributed by atoms with van der Waals surface area (Å²) in [7, 11) is 1.53. The van der Waals surface area contributed by atoms with Crippen molar-refractivity contribution in [3.63, 3.8) is 0 Å². The van der Waals surface area contributed by atoms with E-state index in [1.54, 1.807) is 29.0 Å². The van der Waals surface area contributed by atoms with Crippen LogP contribution in [-0.2, 0) is 0 Å². The van der Waals surface area contributed by atoms with Gasteiger partial charge in [-0.3, -0.25) is 9.78 Å². The quantitative estimate of drug-likeness (QED) is 0.498. The molecular formula is C23H27F3N6O2. The van der Waals surface area contributed by atoms with Crippen LogP contribution in [0.1, 0.15) is 61.1 Å². The second-order valence-electron chi connectivity index (χ2n) is 8.74. The van der Waals surface area contributed by atoms with Gasteiger partial charge in [-0.25, -0.2) is 9.50 Å². The first kappa shape index (κ1) is 23.9. The zero-order chi connectivity index (χ0) is 24.5. The maximum atomic E-state index is 12.8. The first-order valence-corrected chi connectivity index (χ1v) is 11.2. The molecule has 3 aromatic rings. The highest BCUT2D eigenvalue weighted by molar-refractivity contribution is 5.94. The van der Waals surface area contributed by atoms with Gasteiger partial charge in [0.1, 0.15) is 5.69 Å². The summed E-state index contributed by atoms with van der Waals surface area (Å²) in [5.74, 6) is -0.0854. The molecule has 3 N–H and O–H groups in total. The normalized spacial score (nSPS) is 19.7. The lowest BCUT2D eigenvalue weighted by molar-refractivity contribution is -0.136. The van der Waals surface area contributed by atoms with Crippen LogP contribution in [0.3, 0.4) is 0 Å². The van der Waals surface area contributed by atoms with E-state index in [0.29, 0.717) is 18.4 Å². The van der Waals surface area contributed by atoms with Crippen LogP contribution in [0.25, 0.3) is 16.6 Å². The molecule has 34 heavy (non-hydrogen) atoms. The zero-order valence-corrected chi connectivity index (χ0v) is 18.9. The van der Waals surface area contributed by atoms with Crippen molar-refractivity contribution >= 4 is 17.4 Å². The summed E-state index contributed by atoms with van der Waals surface area (Å²) in [5.41, 5.74) is 3.38. The molecule has 3 heterocycles. The number of anilines is 1. The van der Waals surface area contributed by atoms with Crippen molar-refractivity contribution in [2.45, 2.75) is 63.3 Å². The number of alkyl halides is 3. The number of pyridine rings is 1. The minimum atomic E-state index is -4.30. The molecular weight excluding hydrogens is 449 g/mol. The largest absolute Gasteiger partial charge is 0.393 e. The number of halogens is 3. The number of nitrogens with zero attached hydrogens (tertiary/aromatic N) is 4. The van der Waals surface area contributed by atoms with E-state index in [-0.39, 0.29) is 29.6 Å². The molecule has 0 spiro atoms. The third-order valence-corrected chi connectivity index (χ3v) is 6.10. The number of amides is 1. The fourth-order valence-electron chi connectivity index (χ4n) is 4.44. The number of fused-ring (bicyclic) bond motifs is 1. The van der Waals surface area contributed by atoms with Crippen molar-refractivity contribution in [2.75, 3.05) is 12.4 Å². The van der Waals surface area contributed by atoms with Gasteiger partial charge in [-0.2, -0.15) is 13.2 Å². The molecule has 182 valence electrons. The standard InChI is InChI=1S/C23H27F3N6O2/c1-13(11-23(24,25)26)30-22-29-12-20-17(15-7-8-28-18(9-15)21(34)27-2)10-19(32(20)31-22)14-3-5-16(33)6-4-14/h7-10,12-14,16,33H,3-6,11H2,1-2H3,(H,27,34)(H,30,31)/t13-,14?,16?/m0/s1. The number of aliphatic hydroxyl groups excluding tert-OH is 1. The van der Waals surface area contributed by atoms with Crippen LogP contribution in [0.4, 0.5) is 19.1 Å². The van der Waals surface area contributed by atoms with E-state index < -0.39 is 18.6 Å². The van der Waals surface area contributed by atoms with Crippen molar-refractivity contribution in [2.24, 2.45) is 0 Å². The predicted molar refractivity (Wildman–Crippen MR) is 121 cm³/mol. The smallest absolute Gasteiger partial charge is 0.391 e. The predicted octanol–water partition coefficient (Wildman–Crippen LogP) is 3.92. The topological polar surface area (TPSA) is 104 Å². The fourth-order valence-corrected chi connectivity index (χ4v) is 4.44. The Hall–Kier alpha value is -3.21. The van der Waals surface area contributed by atoms with Crippen molar-refractivity contribution in [3.8, 4) is 11.1 Å². The average Bonchev–Trinajstić information content (AvgIpc) is 3.16. The molecule has 0 bridgehead atoms. The van der Waals surface area contributed by atoms with Crippen molar-refractivity contribution < 1.29 is 23.1 Å². The molecule has 1 saturated carbocycles. The highest BCUT2D eigenvalue weighted by atomic mass is 19.4. The maximum Gasteiger partial charge on any atom is 0.391 e. The summed E-state index contributed by atoms with van der Waals surface area (Å²) in [6.07, 6.45) is 0.375. The fraction of sp³-hybridized carbons (Fsp3) is 0.478. The van der Waals surface area contributed by atoms with Gasteiger partial charge in [-0.15, -0.1) is 5.10 Å². The molecule has 1 aliphatic rings. The Morgan fingerprint density at radius 3 is 2.65 bits per heavy atom. The molecule has 1 amide bonds. The van der Waals surface area contributed by atoms with Crippen LogP contribution in [0.2, 0.25) is 0 Å². The third kappa shape index (κ3) is 5.30. The van der Waals surface area contributed by atoms with Crippen molar-refractivity contribution in [1.29, 1.82) is 0 Å². The van der Waals surface area contributed by atoms with Gasteiger partial charge in [-0.05, 0) is 56.4 Å². The number of nitrogens with one attached hydrogen (secondary N) is 2. The van der Waals surface area contributed by atoms with Crippen LogP contribution in [-0.4, -0.2) is 56.0 Å². The summed E-state index contributed by atoms with van der Waals surface area (Å²) in [5, 5.41) is 19.8. The number of carbonyl (C=O) groups is 1. The molecule has 11 heteroatoms. The van der Waals surface area contributed by atoms with Crippen LogP contribution < -0.4 is 10.6 Å². The van der Waals surface area contributed by atoms with E-state index in [1.165, 1.54) is 14.0 Å². The Kier molecular flexibility index (Phi) is 6.74. The Morgan fingerprint density at radius 2 is 1.97 bits per heavy atom. The van der Waals surface area contributed by atoms with Gasteiger partial charge in [0.2, 0.25) is 5.95 Å². The van der Waals surface area contributed by atoms with Gasteiger partial charge in [0.05, 0.1) is 24.2 Å². The molecule has 1 aliphatic carbocycles. The number of aromatic nitrogens is 4. The Morgan fingerprint density at radius 1 is 1.24 bits per heavy atom. The van der Waals surface area contributed by atoms with Crippen LogP contribution in [0, 0.1) is 0 Å². The van der Waals surface area contributed by atoms with Gasteiger partial charge in [-0.1, -0.05) is 0 Å². The lowest BCUT2D eigenvalue weighted by Gasteiger charge is -2.25. The second-order valence-corrected chi connectivity index (χ2v) is 8.74. The van der Waals surface area contributed by atoms with E-state index in [9.17, 15) is 23.1 Å². The molecule has 0 aromatic carbocycles. The van der Waals surface area contributed by atoms with E-state index in [4.69, 9.17) is 0 Å². The zero-order valence-electron chi connectivity index (χ0n) is 18.9. The molecule has 1 fully saturated rings. The van der Waals surface area contributed by atoms with Crippen LogP contribution >= 0.6 is 0 Å². The molecule has 8 nitrogen and oxygen atoms in total. The number of aliphatic hydroxyl groups is 1. The van der Waals surface area contributed by atoms with Gasteiger partial charge in [0.15, 0.2) is 0 Å². The Labute approximate surface area is 194 Å². The molecule has 4 rings (SSSR count). The first-order valence-electron chi connectivity index (χ1n) is 11.2. The van der Waals surface area contributed by atoms with Gasteiger partial charge in [0.25, 0.3) is 5.91 Å². The van der Waals surface area contributed by atoms with Crippen LogP contribution in [0.15, 0.2) is 30.6 Å². The molecule has 0 unspecified atom stereocenters. The highest BCUT2D eigenvalue weighted by Gasteiger charge is 2.30. The second kappa shape index (κ2) is 9.57. The number of hydrogen-bond donors (Lipinski definition) is 3. The first-order chi connectivity index (χ1) is 16.1. The van der Waals surface area contributed by atoms with Crippen molar-refractivity contribution in [3.05, 3.63) is 42.0 Å². The Balaban J connectivity index is 1.76. The molecule has 3 aromatic heterocycles. The van der Waals surface area contributed by atoms with E-state index in [1.807, 2.05) is 6.07 Å². The average molecular weight is 477 g/mol. The minimum absolute atomic E-state index is 0.101. The van der Waals surface area contributed by atoms with E-state index in [0.717, 1.165) is 29.7 Å². The van der Waals surface area contributed by atoms with Gasteiger partial charge < -0.3 is 15.7 Å². The van der Waals surface area contributed by atoms with Crippen molar-refractivity contribution in [1.82, 2.24) is 24.9 Å². The van der Waals surface area contributed by atoms with Gasteiger partial charge >= 0.3 is 6.18 Å². The summed E-state index contributed by atoms with van der Waals surface area (Å²) in [4.78, 5) is 20.5. The van der Waals surface area contributed by atoms with E-state index in [2.05, 4.69) is 25.7 Å². The highest BCUT2D eigenvalue weighted by Crippen LogP contribution is 2.37.